The molecule has 2 heteroatoms. The fourth-order valence-corrected chi connectivity index (χ4v) is 1.45. The Hall–Kier alpha value is 0.0787. The summed E-state index contributed by atoms with van der Waals surface area (Å²) in [4.78, 5) is 3.09. The molecule has 0 atom stereocenters. The van der Waals surface area contributed by atoms with Gasteiger partial charge in [-0.3, -0.25) is 0 Å². The van der Waals surface area contributed by atoms with Crippen LogP contribution in [0, 0.1) is 0 Å². The molecule has 0 aromatic carbocycles. The summed E-state index contributed by atoms with van der Waals surface area (Å²) in [6, 6.07) is 4.16. The molecule has 1 heterocycles. The van der Waals surface area contributed by atoms with Crippen LogP contribution in [0.1, 0.15) is 0 Å². The van der Waals surface area contributed by atoms with E-state index in [1.165, 1.54) is 3.71 Å². The van der Waals surface area contributed by atoms with E-state index in [4.69, 9.17) is 0 Å². The summed E-state index contributed by atoms with van der Waals surface area (Å²) in [5.74, 6) is 0. The Kier molecular flexibility index (Phi) is 1.19. The molecule has 0 aliphatic carbocycles. The summed E-state index contributed by atoms with van der Waals surface area (Å²) < 4.78 is 1.43. The summed E-state index contributed by atoms with van der Waals surface area (Å²) in [6.45, 7) is 0. The van der Waals surface area contributed by atoms with Gasteiger partial charge < -0.3 is 0 Å². The van der Waals surface area contributed by atoms with Crippen LogP contribution in [0.4, 0.5) is 0 Å². The van der Waals surface area contributed by atoms with Crippen molar-refractivity contribution in [3.63, 3.8) is 0 Å². The molecule has 0 radical (unpaired) electrons. The quantitative estimate of drug-likeness (QED) is 0.502. The molecule has 0 saturated carbocycles. The van der Waals surface area contributed by atoms with Gasteiger partial charge in [-0.15, -0.1) is 0 Å². The Morgan fingerprint density at radius 2 is 2.50 bits per heavy atom. The molecule has 1 aromatic rings. The Labute approximate surface area is 49.8 Å². The van der Waals surface area contributed by atoms with Crippen molar-refractivity contribution in [2.45, 2.75) is 0 Å². The van der Waals surface area contributed by atoms with E-state index in [0.717, 1.165) is 0 Å². The van der Waals surface area contributed by atoms with E-state index in [0.29, 0.717) is 22.5 Å². The Bertz CT molecular complexity index is 111. The van der Waals surface area contributed by atoms with Crippen LogP contribution in [-0.2, 0) is 0 Å². The van der Waals surface area contributed by atoms with Crippen LogP contribution in [0.2, 0.25) is 0 Å². The summed E-state index contributed by atoms with van der Waals surface area (Å²) >= 11 is 0.686. The molecule has 1 aromatic heterocycles. The second kappa shape index (κ2) is 1.69. The van der Waals surface area contributed by atoms with E-state index >= 15 is 0 Å². The number of nitrogens with one attached hydrogen (secondary N) is 1. The third-order valence-electron chi connectivity index (χ3n) is 0.753. The van der Waals surface area contributed by atoms with Gasteiger partial charge in [0, 0.05) is 0 Å². The van der Waals surface area contributed by atoms with E-state index in [9.17, 15) is 0 Å². The second-order valence-electron chi connectivity index (χ2n) is 1.35. The van der Waals surface area contributed by atoms with Crippen molar-refractivity contribution in [2.24, 2.45) is 0 Å². The molecule has 6 heavy (non-hydrogen) atoms. The molecule has 0 aliphatic heterocycles. The van der Waals surface area contributed by atoms with Gasteiger partial charge in [-0.25, -0.2) is 0 Å². The Morgan fingerprint density at radius 1 is 1.67 bits per heavy atom. The maximum atomic E-state index is 3.09. The minimum atomic E-state index is 0.686. The predicted octanol–water partition coefficient (Wildman–Crippen LogP) is -0.995. The molecule has 0 saturated heterocycles. The average molecular weight is 188 g/mol. The van der Waals surface area contributed by atoms with Crippen LogP contribution < -0.4 is 3.71 Å². The first-order chi connectivity index (χ1) is 2.89. The minimum absolute atomic E-state index is 0.686. The number of H-pyrrole nitrogens is 1. The van der Waals surface area contributed by atoms with Gasteiger partial charge in [-0.1, -0.05) is 0 Å². The van der Waals surface area contributed by atoms with Gasteiger partial charge >= 0.3 is 49.5 Å². The first kappa shape index (κ1) is 4.24. The van der Waals surface area contributed by atoms with Gasteiger partial charge in [0.05, 0.1) is 0 Å². The predicted molar refractivity (Wildman–Crippen MR) is 30.4 cm³/mol. The molecular weight excluding hydrogens is 181 g/mol. The van der Waals surface area contributed by atoms with Crippen LogP contribution in [0.5, 0.6) is 0 Å². The zero-order valence-electron chi connectivity index (χ0n) is 3.73. The number of hydrogen-bond donors (Lipinski definition) is 1. The van der Waals surface area contributed by atoms with Gasteiger partial charge in [0.1, 0.15) is 0 Å². The molecule has 0 fully saturated rings. The molecular formula is C4H7NSn. The van der Waals surface area contributed by atoms with Gasteiger partial charge in [0.15, 0.2) is 0 Å². The summed E-state index contributed by atoms with van der Waals surface area (Å²) in [7, 11) is 0. The third-order valence-corrected chi connectivity index (χ3v) is 2.53. The fraction of sp³-hybridized carbons (Fsp3) is 0. The third kappa shape index (κ3) is 0.772. The van der Waals surface area contributed by atoms with Gasteiger partial charge in [0.25, 0.3) is 0 Å². The summed E-state index contributed by atoms with van der Waals surface area (Å²) in [5, 5.41) is 0. The van der Waals surface area contributed by atoms with Gasteiger partial charge in [-0.2, -0.15) is 0 Å². The molecule has 0 aliphatic rings. The molecule has 0 bridgehead atoms. The number of hydrogen-bond acceptors (Lipinski definition) is 0. The van der Waals surface area contributed by atoms with Crippen LogP contribution in [0.25, 0.3) is 0 Å². The summed E-state index contributed by atoms with van der Waals surface area (Å²) in [5.41, 5.74) is 0. The van der Waals surface area contributed by atoms with Crippen molar-refractivity contribution >= 4 is 26.2 Å². The average Bonchev–Trinajstić information content (AvgIpc) is 1.86. The number of aromatic nitrogens is 1. The van der Waals surface area contributed by atoms with E-state index < -0.39 is 0 Å². The zero-order valence-corrected chi connectivity index (χ0v) is 9.44. The summed E-state index contributed by atoms with van der Waals surface area (Å²) in [6.07, 6.45) is 1.96. The van der Waals surface area contributed by atoms with Crippen LogP contribution in [0.3, 0.4) is 0 Å². The van der Waals surface area contributed by atoms with E-state index in [-0.39, 0.29) is 0 Å². The van der Waals surface area contributed by atoms with Crippen LogP contribution in [-0.4, -0.2) is 27.5 Å². The Morgan fingerprint density at radius 3 is 2.67 bits per heavy atom. The maximum absolute atomic E-state index is 3.09. The number of aromatic amines is 1. The van der Waals surface area contributed by atoms with Crippen molar-refractivity contribution in [3.05, 3.63) is 18.3 Å². The van der Waals surface area contributed by atoms with Crippen molar-refractivity contribution in [3.8, 4) is 0 Å². The molecule has 1 N–H and O–H groups in total. The first-order valence-electron chi connectivity index (χ1n) is 1.99. The monoisotopic (exact) mass is 189 g/mol. The molecule has 1 nitrogen and oxygen atoms in total. The molecule has 0 spiro atoms. The van der Waals surface area contributed by atoms with Gasteiger partial charge in [-0.05, 0) is 0 Å². The Balaban J connectivity index is 3.05. The zero-order chi connectivity index (χ0) is 4.41. The van der Waals surface area contributed by atoms with Crippen molar-refractivity contribution in [2.75, 3.05) is 0 Å². The molecule has 32 valence electrons. The van der Waals surface area contributed by atoms with Gasteiger partial charge in [0.2, 0.25) is 0 Å². The topological polar surface area (TPSA) is 15.8 Å². The second-order valence-corrected chi connectivity index (χ2v) is 4.43. The first-order valence-corrected chi connectivity index (χ1v) is 4.85. The van der Waals surface area contributed by atoms with E-state index in [2.05, 4.69) is 11.1 Å². The number of rotatable bonds is 0. The molecule has 0 unspecified atom stereocenters. The normalized spacial score (nSPS) is 9.33. The van der Waals surface area contributed by atoms with Crippen LogP contribution in [0.15, 0.2) is 18.3 Å². The van der Waals surface area contributed by atoms with Crippen molar-refractivity contribution in [1.82, 2.24) is 4.98 Å². The van der Waals surface area contributed by atoms with Crippen molar-refractivity contribution in [1.29, 1.82) is 0 Å². The van der Waals surface area contributed by atoms with E-state index in [1.807, 2.05) is 12.3 Å². The van der Waals surface area contributed by atoms with Crippen molar-refractivity contribution < 1.29 is 0 Å². The molecule has 1 rings (SSSR count). The van der Waals surface area contributed by atoms with E-state index in [1.54, 1.807) is 0 Å². The standard InChI is InChI=1S/C4H4N.Sn.3H/c1-2-4-5-3-1;;;;/h1-3,5H;;;;. The SMILES string of the molecule is [SnH3][c]1ccc[nH]1. The fourth-order valence-electron chi connectivity index (χ4n) is 0.420. The molecule has 0 amide bonds. The van der Waals surface area contributed by atoms with Crippen LogP contribution >= 0.6 is 0 Å².